The largest absolute Gasteiger partial charge is 0.469 e. The molecule has 2 fully saturated rings. The molecule has 4 heteroatoms. The monoisotopic (exact) mass is 253 g/mol. The number of hydrogen-bond acceptors (Lipinski definition) is 3. The third-order valence-electron chi connectivity index (χ3n) is 4.49. The Hall–Kier alpha value is -1.06. The van der Waals surface area contributed by atoms with Crippen LogP contribution in [-0.4, -0.2) is 36.0 Å². The van der Waals surface area contributed by atoms with E-state index >= 15 is 0 Å². The number of nitrogens with zero attached hydrogens (tertiary/aromatic N) is 1. The first-order chi connectivity index (χ1) is 8.57. The molecule has 102 valence electrons. The Bertz CT molecular complexity index is 332. The van der Waals surface area contributed by atoms with Gasteiger partial charge in [-0.05, 0) is 19.8 Å². The Balaban J connectivity index is 2.08. The van der Waals surface area contributed by atoms with Crippen molar-refractivity contribution >= 4 is 11.9 Å². The molecule has 1 saturated carbocycles. The number of carbonyl (C=O) groups is 2. The van der Waals surface area contributed by atoms with E-state index in [0.717, 1.165) is 12.8 Å². The number of esters is 1. The molecule has 1 aliphatic heterocycles. The molecule has 1 unspecified atom stereocenters. The van der Waals surface area contributed by atoms with E-state index in [9.17, 15) is 9.59 Å². The van der Waals surface area contributed by atoms with E-state index < -0.39 is 0 Å². The molecular formula is C14H23NO3. The van der Waals surface area contributed by atoms with E-state index in [2.05, 4.69) is 6.92 Å². The number of carbonyl (C=O) groups excluding carboxylic acids is 2. The summed E-state index contributed by atoms with van der Waals surface area (Å²) in [5, 5.41) is 0. The zero-order valence-corrected chi connectivity index (χ0v) is 11.4. The third-order valence-corrected chi connectivity index (χ3v) is 4.49. The second-order valence-corrected chi connectivity index (χ2v) is 5.84. The molecule has 1 saturated heterocycles. The number of rotatable bonds is 2. The summed E-state index contributed by atoms with van der Waals surface area (Å²) >= 11 is 0. The standard InChI is InChI=1S/C14H23NO3/c1-14(7-5-3-4-6-8-14)15-10-11(9-12(15)16)13(17)18-2/h11H,3-10H2,1-2H3. The van der Waals surface area contributed by atoms with Crippen LogP contribution in [0.15, 0.2) is 0 Å². The minimum Gasteiger partial charge on any atom is -0.469 e. The van der Waals surface area contributed by atoms with Crippen LogP contribution in [0.5, 0.6) is 0 Å². The highest BCUT2D eigenvalue weighted by molar-refractivity contribution is 5.87. The van der Waals surface area contributed by atoms with Crippen molar-refractivity contribution in [1.29, 1.82) is 0 Å². The molecule has 1 heterocycles. The van der Waals surface area contributed by atoms with Crippen LogP contribution in [0, 0.1) is 5.92 Å². The van der Waals surface area contributed by atoms with Crippen LogP contribution in [0.3, 0.4) is 0 Å². The van der Waals surface area contributed by atoms with Crippen molar-refractivity contribution in [2.45, 2.75) is 57.4 Å². The Morgan fingerprint density at radius 1 is 1.28 bits per heavy atom. The topological polar surface area (TPSA) is 46.6 Å². The number of ether oxygens (including phenoxy) is 1. The van der Waals surface area contributed by atoms with Crippen molar-refractivity contribution in [2.24, 2.45) is 5.92 Å². The zero-order chi connectivity index (χ0) is 13.2. The van der Waals surface area contributed by atoms with Gasteiger partial charge >= 0.3 is 5.97 Å². The molecule has 0 aromatic carbocycles. The molecule has 4 nitrogen and oxygen atoms in total. The van der Waals surface area contributed by atoms with E-state index in [-0.39, 0.29) is 23.3 Å². The van der Waals surface area contributed by atoms with Gasteiger partial charge in [-0.2, -0.15) is 0 Å². The van der Waals surface area contributed by atoms with E-state index in [1.165, 1.54) is 32.8 Å². The van der Waals surface area contributed by atoms with Gasteiger partial charge in [-0.3, -0.25) is 9.59 Å². The summed E-state index contributed by atoms with van der Waals surface area (Å²) in [6, 6.07) is 0. The van der Waals surface area contributed by atoms with Gasteiger partial charge in [-0.25, -0.2) is 0 Å². The van der Waals surface area contributed by atoms with Gasteiger partial charge in [0.25, 0.3) is 0 Å². The lowest BCUT2D eigenvalue weighted by atomic mass is 9.90. The maximum Gasteiger partial charge on any atom is 0.310 e. The average Bonchev–Trinajstić information content (AvgIpc) is 2.62. The first-order valence-corrected chi connectivity index (χ1v) is 6.95. The van der Waals surface area contributed by atoms with Gasteiger partial charge in [-0.15, -0.1) is 0 Å². The molecule has 0 spiro atoms. The van der Waals surface area contributed by atoms with Gasteiger partial charge in [0.2, 0.25) is 5.91 Å². The van der Waals surface area contributed by atoms with E-state index in [4.69, 9.17) is 4.74 Å². The van der Waals surface area contributed by atoms with Crippen molar-refractivity contribution in [1.82, 2.24) is 4.90 Å². The van der Waals surface area contributed by atoms with Crippen molar-refractivity contribution in [2.75, 3.05) is 13.7 Å². The van der Waals surface area contributed by atoms with Gasteiger partial charge in [0, 0.05) is 18.5 Å². The van der Waals surface area contributed by atoms with Crippen molar-refractivity contribution in [3.05, 3.63) is 0 Å². The normalized spacial score (nSPS) is 28.0. The van der Waals surface area contributed by atoms with Gasteiger partial charge in [0.1, 0.15) is 0 Å². The SMILES string of the molecule is COC(=O)C1CC(=O)N(C2(C)CCCCCC2)C1. The fourth-order valence-corrected chi connectivity index (χ4v) is 3.31. The summed E-state index contributed by atoms with van der Waals surface area (Å²) in [4.78, 5) is 25.6. The highest BCUT2D eigenvalue weighted by Crippen LogP contribution is 2.36. The predicted molar refractivity (Wildman–Crippen MR) is 67.9 cm³/mol. The van der Waals surface area contributed by atoms with Gasteiger partial charge in [-0.1, -0.05) is 25.7 Å². The lowest BCUT2D eigenvalue weighted by molar-refractivity contribution is -0.145. The number of likely N-dealkylation sites (tertiary alicyclic amines) is 1. The number of methoxy groups -OCH3 is 1. The smallest absolute Gasteiger partial charge is 0.310 e. The van der Waals surface area contributed by atoms with Crippen LogP contribution in [0.4, 0.5) is 0 Å². The van der Waals surface area contributed by atoms with Gasteiger partial charge in [0.05, 0.1) is 13.0 Å². The molecular weight excluding hydrogens is 230 g/mol. The van der Waals surface area contributed by atoms with Gasteiger partial charge < -0.3 is 9.64 Å². The first-order valence-electron chi connectivity index (χ1n) is 6.95. The summed E-state index contributed by atoms with van der Waals surface area (Å²) in [6.45, 7) is 2.72. The summed E-state index contributed by atoms with van der Waals surface area (Å²) < 4.78 is 4.76. The van der Waals surface area contributed by atoms with Crippen LogP contribution in [-0.2, 0) is 14.3 Å². The highest BCUT2D eigenvalue weighted by Gasteiger charge is 2.43. The van der Waals surface area contributed by atoms with Crippen LogP contribution < -0.4 is 0 Å². The Morgan fingerprint density at radius 3 is 2.44 bits per heavy atom. The average molecular weight is 253 g/mol. The van der Waals surface area contributed by atoms with Crippen molar-refractivity contribution in [3.63, 3.8) is 0 Å². The molecule has 0 bridgehead atoms. The Morgan fingerprint density at radius 2 is 1.89 bits per heavy atom. The molecule has 0 aromatic heterocycles. The van der Waals surface area contributed by atoms with Crippen LogP contribution in [0.2, 0.25) is 0 Å². The summed E-state index contributed by atoms with van der Waals surface area (Å²) in [7, 11) is 1.39. The predicted octanol–water partition coefficient (Wildman–Crippen LogP) is 2.12. The van der Waals surface area contributed by atoms with Gasteiger partial charge in [0.15, 0.2) is 0 Å². The summed E-state index contributed by atoms with van der Waals surface area (Å²) in [6.07, 6.45) is 7.34. The lowest BCUT2D eigenvalue weighted by Crippen LogP contribution is -2.47. The highest BCUT2D eigenvalue weighted by atomic mass is 16.5. The lowest BCUT2D eigenvalue weighted by Gasteiger charge is -2.38. The second-order valence-electron chi connectivity index (χ2n) is 5.84. The van der Waals surface area contributed by atoms with Crippen LogP contribution in [0.1, 0.15) is 51.9 Å². The molecule has 2 aliphatic rings. The van der Waals surface area contributed by atoms with E-state index in [0.29, 0.717) is 13.0 Å². The zero-order valence-electron chi connectivity index (χ0n) is 11.4. The maximum absolute atomic E-state index is 12.1. The third kappa shape index (κ3) is 2.52. The van der Waals surface area contributed by atoms with Crippen molar-refractivity contribution < 1.29 is 14.3 Å². The Labute approximate surface area is 109 Å². The molecule has 2 rings (SSSR count). The Kier molecular flexibility index (Phi) is 3.93. The minimum absolute atomic E-state index is 0.0453. The van der Waals surface area contributed by atoms with Crippen molar-refractivity contribution in [3.8, 4) is 0 Å². The fourth-order valence-electron chi connectivity index (χ4n) is 3.31. The van der Waals surface area contributed by atoms with Crippen LogP contribution in [0.25, 0.3) is 0 Å². The molecule has 0 radical (unpaired) electrons. The second kappa shape index (κ2) is 5.29. The van der Waals surface area contributed by atoms with E-state index in [1.54, 1.807) is 0 Å². The number of hydrogen-bond donors (Lipinski definition) is 0. The summed E-state index contributed by atoms with van der Waals surface area (Å²) in [5.41, 5.74) is -0.0453. The molecule has 0 aromatic rings. The first kappa shape index (κ1) is 13.4. The fraction of sp³-hybridized carbons (Fsp3) is 0.857. The molecule has 1 aliphatic carbocycles. The quantitative estimate of drug-likeness (QED) is 0.559. The van der Waals surface area contributed by atoms with Crippen LogP contribution >= 0.6 is 0 Å². The summed E-state index contributed by atoms with van der Waals surface area (Å²) in [5.74, 6) is -0.388. The minimum atomic E-state index is -0.262. The molecule has 18 heavy (non-hydrogen) atoms. The molecule has 1 atom stereocenters. The number of amides is 1. The maximum atomic E-state index is 12.1. The molecule has 1 amide bonds. The molecule has 0 N–H and O–H groups in total. The van der Waals surface area contributed by atoms with E-state index in [1.807, 2.05) is 4.90 Å².